The van der Waals surface area contributed by atoms with Crippen LogP contribution < -0.4 is 16.6 Å². The fourth-order valence-electron chi connectivity index (χ4n) is 3.03. The van der Waals surface area contributed by atoms with E-state index in [2.05, 4.69) is 35.3 Å². The number of nitriles is 1. The molecule has 0 bridgehead atoms. The van der Waals surface area contributed by atoms with Gasteiger partial charge in [-0.2, -0.15) is 14.9 Å². The average molecular weight is 426 g/mol. The molecule has 3 rings (SSSR count). The van der Waals surface area contributed by atoms with Crippen LogP contribution in [0.3, 0.4) is 0 Å². The predicted octanol–water partition coefficient (Wildman–Crippen LogP) is 2.42. The van der Waals surface area contributed by atoms with Crippen LogP contribution in [0.2, 0.25) is 0 Å². The minimum Gasteiger partial charge on any atom is -0.396 e. The summed E-state index contributed by atoms with van der Waals surface area (Å²) >= 11 is 0. The van der Waals surface area contributed by atoms with E-state index in [1.807, 2.05) is 19.9 Å². The van der Waals surface area contributed by atoms with Crippen LogP contribution in [0.15, 0.2) is 23.1 Å². The van der Waals surface area contributed by atoms with E-state index in [1.54, 1.807) is 16.8 Å². The Morgan fingerprint density at radius 3 is 2.68 bits per heavy atom. The number of pyridine rings is 1. The number of aliphatic hydroxyl groups excluding tert-OH is 1. The number of aryl methyl sites for hydroxylation is 3. The van der Waals surface area contributed by atoms with Crippen molar-refractivity contribution >= 4 is 17.3 Å². The van der Waals surface area contributed by atoms with Crippen LogP contribution in [0, 0.1) is 25.2 Å². The highest BCUT2D eigenvalue weighted by molar-refractivity contribution is 5.69. The third kappa shape index (κ3) is 5.41. The van der Waals surface area contributed by atoms with E-state index < -0.39 is 0 Å². The number of nitrogens with one attached hydrogen (secondary N) is 1. The molecule has 4 N–H and O–H groups in total. The van der Waals surface area contributed by atoms with Gasteiger partial charge in [-0.3, -0.25) is 4.79 Å². The second kappa shape index (κ2) is 11.1. The molecule has 0 atom stereocenters. The molecule has 0 aliphatic heterocycles. The van der Waals surface area contributed by atoms with Crippen LogP contribution in [0.1, 0.15) is 49.1 Å². The number of rotatable bonds is 7. The zero-order chi connectivity index (χ0) is 23.0. The minimum absolute atomic E-state index is 0.0399. The van der Waals surface area contributed by atoms with Gasteiger partial charge in [0, 0.05) is 37.0 Å². The Balaban J connectivity index is 0.00000107. The van der Waals surface area contributed by atoms with Crippen LogP contribution >= 0.6 is 0 Å². The summed E-state index contributed by atoms with van der Waals surface area (Å²) in [7, 11) is 0. The Hall–Kier alpha value is -3.38. The fraction of sp³-hybridized carbons (Fsp3) is 0.455. The minimum atomic E-state index is -0.0801. The molecule has 0 unspecified atom stereocenters. The van der Waals surface area contributed by atoms with Crippen molar-refractivity contribution < 1.29 is 5.11 Å². The highest BCUT2D eigenvalue weighted by atomic mass is 16.3. The summed E-state index contributed by atoms with van der Waals surface area (Å²) in [6, 6.07) is 5.67. The second-order valence-corrected chi connectivity index (χ2v) is 7.27. The highest BCUT2D eigenvalue weighted by Crippen LogP contribution is 2.24. The van der Waals surface area contributed by atoms with Gasteiger partial charge >= 0.3 is 0 Å². The predicted molar refractivity (Wildman–Crippen MR) is 122 cm³/mol. The number of fused-ring (bicyclic) bond motifs is 1. The molecule has 0 amide bonds. The molecule has 0 saturated carbocycles. The lowest BCUT2D eigenvalue weighted by Crippen LogP contribution is -2.25. The summed E-state index contributed by atoms with van der Waals surface area (Å²) in [5, 5.41) is 25.9. The lowest BCUT2D eigenvalue weighted by atomic mass is 10.2. The molecule has 9 nitrogen and oxygen atoms in total. The first-order chi connectivity index (χ1) is 14.9. The largest absolute Gasteiger partial charge is 0.396 e. The van der Waals surface area contributed by atoms with Gasteiger partial charge in [0.15, 0.2) is 5.65 Å². The molecule has 3 aromatic heterocycles. The number of aromatic nitrogens is 4. The van der Waals surface area contributed by atoms with Gasteiger partial charge in [-0.05, 0) is 32.8 Å². The van der Waals surface area contributed by atoms with Crippen LogP contribution in [-0.4, -0.2) is 37.4 Å². The van der Waals surface area contributed by atoms with Gasteiger partial charge in [-0.25, -0.2) is 4.98 Å². The number of nitrogens with two attached hydrogens (primary N) is 1. The Bertz CT molecular complexity index is 1130. The zero-order valence-corrected chi connectivity index (χ0v) is 18.6. The normalized spacial score (nSPS) is 10.5. The van der Waals surface area contributed by atoms with E-state index >= 15 is 0 Å². The number of anilines is 2. The maximum absolute atomic E-state index is 12.5. The summed E-state index contributed by atoms with van der Waals surface area (Å²) in [5.74, 6) is 0.615. The SMILES string of the molecule is CCC.Cc1nn2c(N)c(C#N)c(NCCc3cccn(CCCO)c3=O)nc2c1C. The molecule has 9 heteroatoms. The van der Waals surface area contributed by atoms with Crippen molar-refractivity contribution in [2.24, 2.45) is 0 Å². The monoisotopic (exact) mass is 425 g/mol. The molecular formula is C22H31N7O2. The van der Waals surface area contributed by atoms with Gasteiger partial charge in [0.1, 0.15) is 23.3 Å². The van der Waals surface area contributed by atoms with Crippen molar-refractivity contribution in [3.8, 4) is 6.07 Å². The molecule has 0 saturated heterocycles. The number of nitrogens with zero attached hydrogens (tertiary/aromatic N) is 5. The number of hydrogen-bond acceptors (Lipinski definition) is 7. The average Bonchev–Trinajstić information content (AvgIpc) is 3.03. The van der Waals surface area contributed by atoms with E-state index in [0.717, 1.165) is 11.3 Å². The van der Waals surface area contributed by atoms with Gasteiger partial charge < -0.3 is 20.7 Å². The maximum atomic E-state index is 12.5. The molecule has 0 fully saturated rings. The van der Waals surface area contributed by atoms with Crippen LogP contribution in [-0.2, 0) is 13.0 Å². The Labute approximate surface area is 182 Å². The standard InChI is InChI=1S/C19H23N7O2.C3H8/c1-12-13(2)24-26-16(21)15(11-20)17(23-18(12)26)22-7-6-14-5-3-8-25(19(14)28)9-4-10-27;1-3-2/h3,5,8,27H,4,6-7,9-10,21H2,1-2H3,(H,22,23);3H2,1-2H3. The number of nitrogen functional groups attached to an aromatic ring is 1. The van der Waals surface area contributed by atoms with E-state index in [1.165, 1.54) is 10.9 Å². The fourth-order valence-corrected chi connectivity index (χ4v) is 3.03. The molecule has 0 spiro atoms. The first-order valence-corrected chi connectivity index (χ1v) is 10.5. The van der Waals surface area contributed by atoms with Gasteiger partial charge in [0.05, 0.1) is 5.69 Å². The number of hydrogen-bond donors (Lipinski definition) is 3. The quantitative estimate of drug-likeness (QED) is 0.529. The third-order valence-electron chi connectivity index (χ3n) is 4.72. The van der Waals surface area contributed by atoms with Crippen molar-refractivity contribution in [1.82, 2.24) is 19.2 Å². The Kier molecular flexibility index (Phi) is 8.58. The third-order valence-corrected chi connectivity index (χ3v) is 4.72. The molecule has 0 aliphatic rings. The van der Waals surface area contributed by atoms with Gasteiger partial charge in [0.2, 0.25) is 0 Å². The number of aliphatic hydroxyl groups is 1. The summed E-state index contributed by atoms with van der Waals surface area (Å²) in [6.07, 6.45) is 3.96. The smallest absolute Gasteiger partial charge is 0.253 e. The van der Waals surface area contributed by atoms with Gasteiger partial charge in [-0.1, -0.05) is 26.3 Å². The molecular weight excluding hydrogens is 394 g/mol. The molecule has 0 aromatic carbocycles. The molecule has 3 aromatic rings. The molecule has 0 aliphatic carbocycles. The Morgan fingerprint density at radius 2 is 2.03 bits per heavy atom. The van der Waals surface area contributed by atoms with Gasteiger partial charge in [0.25, 0.3) is 5.56 Å². The van der Waals surface area contributed by atoms with E-state index in [-0.39, 0.29) is 23.5 Å². The first kappa shape index (κ1) is 23.9. The van der Waals surface area contributed by atoms with Crippen molar-refractivity contribution in [2.45, 2.75) is 53.5 Å². The summed E-state index contributed by atoms with van der Waals surface area (Å²) < 4.78 is 3.07. The Morgan fingerprint density at radius 1 is 1.32 bits per heavy atom. The molecule has 3 heterocycles. The van der Waals surface area contributed by atoms with Crippen molar-refractivity contribution in [3.05, 3.63) is 51.1 Å². The van der Waals surface area contributed by atoms with Crippen molar-refractivity contribution in [3.63, 3.8) is 0 Å². The molecule has 31 heavy (non-hydrogen) atoms. The van der Waals surface area contributed by atoms with Crippen LogP contribution in [0.5, 0.6) is 0 Å². The lowest BCUT2D eigenvalue weighted by molar-refractivity contribution is 0.279. The van der Waals surface area contributed by atoms with Crippen LogP contribution in [0.4, 0.5) is 11.6 Å². The van der Waals surface area contributed by atoms with Crippen LogP contribution in [0.25, 0.3) is 5.65 Å². The maximum Gasteiger partial charge on any atom is 0.253 e. The summed E-state index contributed by atoms with van der Waals surface area (Å²) in [4.78, 5) is 17.0. The molecule has 166 valence electrons. The van der Waals surface area contributed by atoms with Crippen molar-refractivity contribution in [2.75, 3.05) is 24.2 Å². The van der Waals surface area contributed by atoms with E-state index in [0.29, 0.717) is 43.0 Å². The summed E-state index contributed by atoms with van der Waals surface area (Å²) in [5.41, 5.74) is 9.20. The summed E-state index contributed by atoms with van der Waals surface area (Å²) in [6.45, 7) is 8.95. The van der Waals surface area contributed by atoms with Gasteiger partial charge in [-0.15, -0.1) is 0 Å². The lowest BCUT2D eigenvalue weighted by Gasteiger charge is -2.11. The zero-order valence-electron chi connectivity index (χ0n) is 18.6. The van der Waals surface area contributed by atoms with E-state index in [9.17, 15) is 10.1 Å². The van der Waals surface area contributed by atoms with E-state index in [4.69, 9.17) is 10.8 Å². The highest BCUT2D eigenvalue weighted by Gasteiger charge is 2.17. The first-order valence-electron chi connectivity index (χ1n) is 10.5. The molecule has 0 radical (unpaired) electrons. The second-order valence-electron chi connectivity index (χ2n) is 7.27. The van der Waals surface area contributed by atoms with Crippen molar-refractivity contribution in [1.29, 1.82) is 5.26 Å². The topological polar surface area (TPSA) is 134 Å².